The predicted molar refractivity (Wildman–Crippen MR) is 82.0 cm³/mol. The summed E-state index contributed by atoms with van der Waals surface area (Å²) >= 11 is 0. The second kappa shape index (κ2) is 6.68. The average Bonchev–Trinajstić information content (AvgIpc) is 2.89. The molecule has 1 saturated heterocycles. The molecule has 0 saturated carbocycles. The molecular weight excluding hydrogens is 251 g/mol. The van der Waals surface area contributed by atoms with Gasteiger partial charge in [0.25, 0.3) is 0 Å². The zero-order chi connectivity index (χ0) is 14.6. The Bertz CT molecular complexity index is 429. The molecule has 1 fully saturated rings. The van der Waals surface area contributed by atoms with Gasteiger partial charge in [-0.3, -0.25) is 0 Å². The van der Waals surface area contributed by atoms with E-state index in [1.807, 2.05) is 6.07 Å². The van der Waals surface area contributed by atoms with Gasteiger partial charge in [-0.15, -0.1) is 0 Å². The molecule has 3 heteroatoms. The van der Waals surface area contributed by atoms with Crippen LogP contribution >= 0.6 is 0 Å². The molecule has 1 atom stereocenters. The van der Waals surface area contributed by atoms with Crippen LogP contribution in [-0.4, -0.2) is 24.5 Å². The molecule has 1 aliphatic heterocycles. The van der Waals surface area contributed by atoms with Crippen molar-refractivity contribution in [2.75, 3.05) is 19.6 Å². The van der Waals surface area contributed by atoms with Crippen molar-refractivity contribution in [3.05, 3.63) is 35.6 Å². The van der Waals surface area contributed by atoms with Gasteiger partial charge in [0, 0.05) is 18.2 Å². The highest BCUT2D eigenvalue weighted by Crippen LogP contribution is 2.37. The number of nitrogens with two attached hydrogens (primary N) is 1. The number of hydrogen-bond acceptors (Lipinski definition) is 2. The fourth-order valence-electron chi connectivity index (χ4n) is 3.30. The minimum Gasteiger partial charge on any atom is -0.324 e. The molecule has 1 aliphatic rings. The zero-order valence-corrected chi connectivity index (χ0v) is 12.7. The lowest BCUT2D eigenvalue weighted by Crippen LogP contribution is -2.29. The number of rotatable bonds is 6. The molecule has 1 aromatic carbocycles. The number of halogens is 1. The van der Waals surface area contributed by atoms with Crippen molar-refractivity contribution in [2.24, 2.45) is 11.1 Å². The molecular formula is C17H27FN2. The van der Waals surface area contributed by atoms with E-state index in [-0.39, 0.29) is 11.9 Å². The monoisotopic (exact) mass is 278 g/mol. The van der Waals surface area contributed by atoms with Crippen LogP contribution in [0.1, 0.15) is 51.1 Å². The Hall–Kier alpha value is -0.930. The normalized spacial score (nSPS) is 20.2. The fourth-order valence-corrected chi connectivity index (χ4v) is 3.30. The molecule has 0 radical (unpaired) electrons. The molecule has 1 heterocycles. The van der Waals surface area contributed by atoms with Crippen molar-refractivity contribution in [3.63, 3.8) is 0 Å². The second-order valence-corrected chi connectivity index (χ2v) is 6.15. The van der Waals surface area contributed by atoms with Crippen LogP contribution < -0.4 is 5.73 Å². The fraction of sp³-hybridized carbons (Fsp3) is 0.647. The van der Waals surface area contributed by atoms with Crippen molar-refractivity contribution in [2.45, 2.75) is 45.6 Å². The van der Waals surface area contributed by atoms with Crippen molar-refractivity contribution in [3.8, 4) is 0 Å². The molecule has 1 aromatic rings. The first-order chi connectivity index (χ1) is 9.60. The maximum Gasteiger partial charge on any atom is 0.127 e. The van der Waals surface area contributed by atoms with Gasteiger partial charge in [-0.1, -0.05) is 32.0 Å². The Morgan fingerprint density at radius 1 is 1.30 bits per heavy atom. The summed E-state index contributed by atoms with van der Waals surface area (Å²) in [4.78, 5) is 2.49. The first-order valence-corrected chi connectivity index (χ1v) is 7.82. The zero-order valence-electron chi connectivity index (χ0n) is 12.7. The molecule has 0 amide bonds. The quantitative estimate of drug-likeness (QED) is 0.859. The molecule has 0 spiro atoms. The maximum atomic E-state index is 13.7. The summed E-state index contributed by atoms with van der Waals surface area (Å²) in [7, 11) is 0. The van der Waals surface area contributed by atoms with Gasteiger partial charge in [-0.2, -0.15) is 0 Å². The van der Waals surface area contributed by atoms with E-state index in [2.05, 4.69) is 18.7 Å². The summed E-state index contributed by atoms with van der Waals surface area (Å²) in [5, 5.41) is 0. The van der Waals surface area contributed by atoms with E-state index in [1.54, 1.807) is 12.1 Å². The highest BCUT2D eigenvalue weighted by Gasteiger charge is 2.34. The maximum absolute atomic E-state index is 13.7. The lowest BCUT2D eigenvalue weighted by atomic mass is 9.82. The van der Waals surface area contributed by atoms with Crippen LogP contribution in [-0.2, 0) is 0 Å². The van der Waals surface area contributed by atoms with E-state index in [9.17, 15) is 4.39 Å². The smallest absolute Gasteiger partial charge is 0.127 e. The van der Waals surface area contributed by atoms with Gasteiger partial charge in [-0.05, 0) is 50.3 Å². The van der Waals surface area contributed by atoms with Gasteiger partial charge in [0.2, 0.25) is 0 Å². The van der Waals surface area contributed by atoms with Crippen molar-refractivity contribution in [1.29, 1.82) is 0 Å². The summed E-state index contributed by atoms with van der Waals surface area (Å²) in [6.45, 7) is 7.88. The number of nitrogens with zero attached hydrogens (tertiary/aromatic N) is 1. The van der Waals surface area contributed by atoms with Crippen molar-refractivity contribution < 1.29 is 4.39 Å². The van der Waals surface area contributed by atoms with Gasteiger partial charge in [0.05, 0.1) is 0 Å². The molecule has 20 heavy (non-hydrogen) atoms. The molecule has 2 nitrogen and oxygen atoms in total. The van der Waals surface area contributed by atoms with Crippen LogP contribution in [0, 0.1) is 11.2 Å². The van der Waals surface area contributed by atoms with Gasteiger partial charge in [0.1, 0.15) is 5.82 Å². The van der Waals surface area contributed by atoms with E-state index >= 15 is 0 Å². The SMILES string of the molecule is CCC1(CC)CCN(CCC(N)c2ccccc2F)C1. The van der Waals surface area contributed by atoms with Crippen LogP contribution in [0.5, 0.6) is 0 Å². The summed E-state index contributed by atoms with van der Waals surface area (Å²) < 4.78 is 13.7. The van der Waals surface area contributed by atoms with E-state index < -0.39 is 0 Å². The first kappa shape index (κ1) is 15.5. The minimum absolute atomic E-state index is 0.183. The second-order valence-electron chi connectivity index (χ2n) is 6.15. The third-order valence-electron chi connectivity index (χ3n) is 5.08. The van der Waals surface area contributed by atoms with Crippen molar-refractivity contribution >= 4 is 0 Å². The topological polar surface area (TPSA) is 29.3 Å². The van der Waals surface area contributed by atoms with Crippen LogP contribution in [0.15, 0.2) is 24.3 Å². The highest BCUT2D eigenvalue weighted by atomic mass is 19.1. The Morgan fingerprint density at radius 2 is 2.00 bits per heavy atom. The van der Waals surface area contributed by atoms with E-state index in [0.29, 0.717) is 11.0 Å². The Morgan fingerprint density at radius 3 is 2.60 bits per heavy atom. The number of likely N-dealkylation sites (tertiary alicyclic amines) is 1. The standard InChI is InChI=1S/C17H27FN2/c1-3-17(4-2)10-12-20(13-17)11-9-16(19)14-7-5-6-8-15(14)18/h5-8,16H,3-4,9-13,19H2,1-2H3. The molecule has 2 N–H and O–H groups in total. The first-order valence-electron chi connectivity index (χ1n) is 7.82. The van der Waals surface area contributed by atoms with E-state index in [4.69, 9.17) is 5.73 Å². The molecule has 1 unspecified atom stereocenters. The van der Waals surface area contributed by atoms with E-state index in [1.165, 1.54) is 31.9 Å². The Kier molecular flexibility index (Phi) is 5.17. The van der Waals surface area contributed by atoms with Gasteiger partial charge < -0.3 is 10.6 Å². The molecule has 0 aromatic heterocycles. The Labute approximate surface area is 122 Å². The third-order valence-corrected chi connectivity index (χ3v) is 5.08. The van der Waals surface area contributed by atoms with E-state index in [0.717, 1.165) is 19.5 Å². The number of benzene rings is 1. The molecule has 0 bridgehead atoms. The van der Waals surface area contributed by atoms with Crippen LogP contribution in [0.3, 0.4) is 0 Å². The number of hydrogen-bond donors (Lipinski definition) is 1. The third kappa shape index (κ3) is 3.39. The minimum atomic E-state index is -0.200. The van der Waals surface area contributed by atoms with Crippen molar-refractivity contribution in [1.82, 2.24) is 4.90 Å². The van der Waals surface area contributed by atoms with Crippen LogP contribution in [0.25, 0.3) is 0 Å². The Balaban J connectivity index is 1.86. The summed E-state index contributed by atoms with van der Waals surface area (Å²) in [6.07, 6.45) is 4.61. The summed E-state index contributed by atoms with van der Waals surface area (Å²) in [5.74, 6) is -0.183. The predicted octanol–water partition coefficient (Wildman–Crippen LogP) is 3.73. The van der Waals surface area contributed by atoms with Gasteiger partial charge in [-0.25, -0.2) is 4.39 Å². The molecule has 112 valence electrons. The molecule has 0 aliphatic carbocycles. The summed E-state index contributed by atoms with van der Waals surface area (Å²) in [5.41, 5.74) is 7.28. The summed E-state index contributed by atoms with van der Waals surface area (Å²) in [6, 6.07) is 6.65. The average molecular weight is 278 g/mol. The largest absolute Gasteiger partial charge is 0.324 e. The lowest BCUT2D eigenvalue weighted by Gasteiger charge is -2.27. The highest BCUT2D eigenvalue weighted by molar-refractivity contribution is 5.20. The lowest BCUT2D eigenvalue weighted by molar-refractivity contribution is 0.235. The van der Waals surface area contributed by atoms with Crippen LogP contribution in [0.2, 0.25) is 0 Å². The van der Waals surface area contributed by atoms with Crippen LogP contribution in [0.4, 0.5) is 4.39 Å². The van der Waals surface area contributed by atoms with Gasteiger partial charge in [0.15, 0.2) is 0 Å². The molecule has 2 rings (SSSR count). The van der Waals surface area contributed by atoms with Gasteiger partial charge >= 0.3 is 0 Å².